The van der Waals surface area contributed by atoms with Crippen LogP contribution in [-0.2, 0) is 9.71 Å². The van der Waals surface area contributed by atoms with E-state index in [1.807, 2.05) is 54.7 Å². The van der Waals surface area contributed by atoms with Crippen LogP contribution in [0.25, 0.3) is 22.1 Å². The van der Waals surface area contributed by atoms with Gasteiger partial charge in [-0.15, -0.1) is 0 Å². The fourth-order valence-corrected chi connectivity index (χ4v) is 3.36. The fraction of sp³-hybridized carbons (Fsp3) is 0.0500. The van der Waals surface area contributed by atoms with E-state index < -0.39 is 9.71 Å². The molecule has 7 heteroatoms. The van der Waals surface area contributed by atoms with Gasteiger partial charge in [-0.25, -0.2) is 9.19 Å². The standard InChI is InChI=1S/C20H18N4O2S/c1-27(2,25)24-18-5-3-4-17(11-18)23-20-22-13-19(26-20)15-6-7-16-12-21-9-8-14(16)10-15/h3-13H,1H2,2H3,(H,22,23)(H,24,25). The number of oxazole rings is 1. The maximum absolute atomic E-state index is 11.8. The average molecular weight is 378 g/mol. The molecular formula is C20H18N4O2S. The van der Waals surface area contributed by atoms with Crippen LogP contribution in [0.1, 0.15) is 0 Å². The van der Waals surface area contributed by atoms with Crippen LogP contribution in [0.4, 0.5) is 17.4 Å². The van der Waals surface area contributed by atoms with Gasteiger partial charge in [0.15, 0.2) is 5.76 Å². The number of pyridine rings is 1. The summed E-state index contributed by atoms with van der Waals surface area (Å²) in [5, 5.41) is 5.27. The number of anilines is 3. The predicted octanol–water partition coefficient (Wildman–Crippen LogP) is 4.31. The Kier molecular flexibility index (Phi) is 4.29. The number of rotatable bonds is 5. The summed E-state index contributed by atoms with van der Waals surface area (Å²) in [6, 6.07) is 15.7. The van der Waals surface area contributed by atoms with E-state index in [0.29, 0.717) is 17.5 Å². The van der Waals surface area contributed by atoms with Gasteiger partial charge in [-0.2, -0.15) is 0 Å². The number of nitrogens with zero attached hydrogens (tertiary/aromatic N) is 2. The van der Waals surface area contributed by atoms with Gasteiger partial charge in [0.1, 0.15) is 0 Å². The second-order valence-corrected chi connectivity index (χ2v) is 8.49. The smallest absolute Gasteiger partial charge is 0.299 e. The Morgan fingerprint density at radius 3 is 2.74 bits per heavy atom. The summed E-state index contributed by atoms with van der Waals surface area (Å²) in [4.78, 5) is 8.42. The van der Waals surface area contributed by atoms with Crippen LogP contribution < -0.4 is 10.0 Å². The van der Waals surface area contributed by atoms with Crippen molar-refractivity contribution in [2.75, 3.05) is 16.3 Å². The van der Waals surface area contributed by atoms with Gasteiger partial charge in [-0.05, 0) is 41.6 Å². The predicted molar refractivity (Wildman–Crippen MR) is 112 cm³/mol. The Morgan fingerprint density at radius 2 is 1.89 bits per heavy atom. The van der Waals surface area contributed by atoms with Gasteiger partial charge in [0.2, 0.25) is 0 Å². The lowest BCUT2D eigenvalue weighted by Crippen LogP contribution is -2.09. The molecule has 4 rings (SSSR count). The monoisotopic (exact) mass is 378 g/mol. The van der Waals surface area contributed by atoms with Crippen molar-refractivity contribution in [1.29, 1.82) is 0 Å². The number of benzene rings is 2. The molecule has 0 saturated heterocycles. The largest absolute Gasteiger partial charge is 0.423 e. The lowest BCUT2D eigenvalue weighted by atomic mass is 10.1. The molecule has 4 aromatic rings. The Balaban J connectivity index is 1.56. The van der Waals surface area contributed by atoms with Crippen molar-refractivity contribution in [1.82, 2.24) is 9.97 Å². The molecule has 0 saturated carbocycles. The number of nitrogens with one attached hydrogen (secondary N) is 2. The van der Waals surface area contributed by atoms with Crippen LogP contribution in [-0.4, -0.2) is 26.3 Å². The molecule has 2 heterocycles. The van der Waals surface area contributed by atoms with E-state index in [9.17, 15) is 4.21 Å². The van der Waals surface area contributed by atoms with Gasteiger partial charge in [-0.3, -0.25) is 4.98 Å². The SMILES string of the molecule is C=S(C)(=O)Nc1cccc(Nc2ncc(-c3ccc4cnccc4c3)o2)c1. The molecule has 0 fully saturated rings. The van der Waals surface area contributed by atoms with Crippen molar-refractivity contribution < 1.29 is 8.63 Å². The second-order valence-electron chi connectivity index (χ2n) is 6.28. The van der Waals surface area contributed by atoms with E-state index in [1.54, 1.807) is 18.6 Å². The summed E-state index contributed by atoms with van der Waals surface area (Å²) in [6.45, 7) is 0. The van der Waals surface area contributed by atoms with Crippen LogP contribution in [0.15, 0.2) is 71.5 Å². The molecule has 6 nitrogen and oxygen atoms in total. The van der Waals surface area contributed by atoms with Gasteiger partial charge >= 0.3 is 0 Å². The Labute approximate surface area is 157 Å². The third-order valence-electron chi connectivity index (χ3n) is 3.88. The van der Waals surface area contributed by atoms with Crippen molar-refractivity contribution in [2.45, 2.75) is 0 Å². The molecule has 1 atom stereocenters. The molecule has 0 aliphatic heterocycles. The minimum Gasteiger partial charge on any atom is -0.423 e. The molecule has 136 valence electrons. The lowest BCUT2D eigenvalue weighted by Gasteiger charge is -2.09. The van der Waals surface area contributed by atoms with Gasteiger partial charge < -0.3 is 14.5 Å². The van der Waals surface area contributed by atoms with Crippen LogP contribution in [0.5, 0.6) is 0 Å². The van der Waals surface area contributed by atoms with Crippen LogP contribution in [0.2, 0.25) is 0 Å². The van der Waals surface area contributed by atoms with E-state index in [0.717, 1.165) is 22.0 Å². The van der Waals surface area contributed by atoms with Gasteiger partial charge in [0.05, 0.1) is 6.20 Å². The van der Waals surface area contributed by atoms with E-state index in [-0.39, 0.29) is 0 Å². The number of fused-ring (bicyclic) bond motifs is 1. The zero-order valence-electron chi connectivity index (χ0n) is 14.7. The molecule has 1 unspecified atom stereocenters. The minimum atomic E-state index is -2.34. The normalized spacial score (nSPS) is 13.2. The third-order valence-corrected chi connectivity index (χ3v) is 4.55. The van der Waals surface area contributed by atoms with E-state index in [4.69, 9.17) is 4.42 Å². The molecule has 2 N–H and O–H groups in total. The van der Waals surface area contributed by atoms with Gasteiger partial charge in [0.25, 0.3) is 6.01 Å². The van der Waals surface area contributed by atoms with Gasteiger partial charge in [0, 0.05) is 50.7 Å². The highest BCUT2D eigenvalue weighted by molar-refractivity contribution is 8.00. The molecule has 2 aromatic carbocycles. The Bertz CT molecular complexity index is 1220. The summed E-state index contributed by atoms with van der Waals surface area (Å²) >= 11 is 0. The first-order chi connectivity index (χ1) is 13.0. The van der Waals surface area contributed by atoms with Crippen molar-refractivity contribution in [3.05, 3.63) is 67.1 Å². The minimum absolute atomic E-state index is 0.379. The highest BCUT2D eigenvalue weighted by Gasteiger charge is 2.08. The van der Waals surface area contributed by atoms with E-state index in [2.05, 4.69) is 25.9 Å². The highest BCUT2D eigenvalue weighted by atomic mass is 32.2. The number of hydrogen-bond donors (Lipinski definition) is 2. The van der Waals surface area contributed by atoms with Gasteiger partial charge in [-0.1, -0.05) is 18.2 Å². The zero-order valence-corrected chi connectivity index (χ0v) is 15.5. The molecule has 0 aliphatic carbocycles. The molecule has 0 amide bonds. The summed E-state index contributed by atoms with van der Waals surface area (Å²) in [5.41, 5.74) is 2.41. The first kappa shape index (κ1) is 17.1. The van der Waals surface area contributed by atoms with Crippen molar-refractivity contribution in [2.24, 2.45) is 0 Å². The average Bonchev–Trinajstić information content (AvgIpc) is 3.08. The van der Waals surface area contributed by atoms with E-state index >= 15 is 0 Å². The molecule has 0 radical (unpaired) electrons. The van der Waals surface area contributed by atoms with Crippen molar-refractivity contribution >= 4 is 43.7 Å². The van der Waals surface area contributed by atoms with Crippen LogP contribution in [0, 0.1) is 0 Å². The molecular weight excluding hydrogens is 360 g/mol. The molecule has 2 aromatic heterocycles. The summed E-state index contributed by atoms with van der Waals surface area (Å²) in [7, 11) is -2.34. The maximum Gasteiger partial charge on any atom is 0.299 e. The Hall–Kier alpha value is -3.32. The van der Waals surface area contributed by atoms with Crippen LogP contribution in [0.3, 0.4) is 0 Å². The first-order valence-corrected chi connectivity index (χ1v) is 10.4. The number of aromatic nitrogens is 2. The van der Waals surface area contributed by atoms with Crippen molar-refractivity contribution in [3.63, 3.8) is 0 Å². The molecule has 0 bridgehead atoms. The molecule has 0 spiro atoms. The quantitative estimate of drug-likeness (QED) is 0.506. The fourth-order valence-electron chi connectivity index (χ4n) is 2.74. The van der Waals surface area contributed by atoms with Crippen molar-refractivity contribution in [3.8, 4) is 11.3 Å². The molecule has 27 heavy (non-hydrogen) atoms. The van der Waals surface area contributed by atoms with E-state index in [1.165, 1.54) is 0 Å². The topological polar surface area (TPSA) is 80.0 Å². The third kappa shape index (κ3) is 4.09. The maximum atomic E-state index is 11.8. The first-order valence-electron chi connectivity index (χ1n) is 8.23. The number of hydrogen-bond acceptors (Lipinski definition) is 5. The second kappa shape index (κ2) is 6.77. The summed E-state index contributed by atoms with van der Waals surface area (Å²) < 4.78 is 20.5. The Morgan fingerprint density at radius 1 is 1.04 bits per heavy atom. The highest BCUT2D eigenvalue weighted by Crippen LogP contribution is 2.27. The molecule has 0 aliphatic rings. The summed E-state index contributed by atoms with van der Waals surface area (Å²) in [6.07, 6.45) is 6.82. The van der Waals surface area contributed by atoms with Crippen LogP contribution >= 0.6 is 0 Å². The summed E-state index contributed by atoms with van der Waals surface area (Å²) in [5.74, 6) is 4.27. The zero-order chi connectivity index (χ0) is 18.9. The lowest BCUT2D eigenvalue weighted by molar-refractivity contribution is 0.592.